The van der Waals surface area contributed by atoms with Gasteiger partial charge in [0.2, 0.25) is 5.91 Å². The highest BCUT2D eigenvalue weighted by molar-refractivity contribution is 5.91. The van der Waals surface area contributed by atoms with Gasteiger partial charge in [0.25, 0.3) is 0 Å². The molecule has 3 atom stereocenters. The van der Waals surface area contributed by atoms with Gasteiger partial charge in [0, 0.05) is 6.04 Å². The van der Waals surface area contributed by atoms with E-state index in [4.69, 9.17) is 4.74 Å². The van der Waals surface area contributed by atoms with Crippen LogP contribution in [-0.2, 0) is 14.9 Å². The quantitative estimate of drug-likeness (QED) is 0.352. The summed E-state index contributed by atoms with van der Waals surface area (Å²) in [4.78, 5) is 13.6. The number of ether oxygens (including phenoxy) is 3. The number of alkyl halides is 2. The molecule has 1 aromatic carbocycles. The van der Waals surface area contributed by atoms with Gasteiger partial charge in [-0.25, -0.2) is 0 Å². The van der Waals surface area contributed by atoms with Gasteiger partial charge < -0.3 is 19.5 Å². The lowest BCUT2D eigenvalue weighted by atomic mass is 9.89. The zero-order chi connectivity index (χ0) is 27.3. The van der Waals surface area contributed by atoms with Crippen LogP contribution in [0.3, 0.4) is 0 Å². The summed E-state index contributed by atoms with van der Waals surface area (Å²) >= 11 is 0. The molecule has 7 heteroatoms. The van der Waals surface area contributed by atoms with Crippen molar-refractivity contribution in [3.63, 3.8) is 0 Å². The van der Waals surface area contributed by atoms with Crippen LogP contribution in [0, 0.1) is 0 Å². The smallest absolute Gasteiger partial charge is 0.395 e. The zero-order valence-corrected chi connectivity index (χ0v) is 21.5. The van der Waals surface area contributed by atoms with Gasteiger partial charge in [-0.05, 0) is 61.4 Å². The number of nitrogens with one attached hydrogen (secondary N) is 1. The highest BCUT2D eigenvalue weighted by atomic mass is 19.3. The van der Waals surface area contributed by atoms with Gasteiger partial charge in [-0.3, -0.25) is 4.79 Å². The van der Waals surface area contributed by atoms with Gasteiger partial charge in [0.1, 0.15) is 0 Å². The van der Waals surface area contributed by atoms with Crippen LogP contribution in [0.5, 0.6) is 11.5 Å². The Labute approximate surface area is 222 Å². The van der Waals surface area contributed by atoms with Gasteiger partial charge >= 0.3 is 6.29 Å². The van der Waals surface area contributed by atoms with Gasteiger partial charge in [-0.2, -0.15) is 0 Å². The fourth-order valence-electron chi connectivity index (χ4n) is 4.87. The summed E-state index contributed by atoms with van der Waals surface area (Å²) < 4.78 is 42.6. The molecule has 200 valence electrons. The molecule has 0 radical (unpaired) electrons. The molecule has 0 bridgehead atoms. The number of hydrogen-bond acceptors (Lipinski definition) is 4. The standard InChI is InChI=1S/C31H33F2NO4/c1-5-8-10-12-21(4)26-19-24(20-27(36-26)22(11-7-3)13-9-6-2)34-29(35)30(16-17-30)23-14-15-25-28(18-23)38-31(32,33)37-25/h5-15,18,24,26-27H,1-3,16-17,19-20H2,4H3,(H,34,35)/b10-8-,13-9-,21-12+,22-11+/t24-,26+,27-/m1/s1. The summed E-state index contributed by atoms with van der Waals surface area (Å²) in [7, 11) is 0. The Kier molecular flexibility index (Phi) is 8.17. The minimum absolute atomic E-state index is 0.0352. The van der Waals surface area contributed by atoms with Crippen LogP contribution in [0.4, 0.5) is 8.78 Å². The van der Waals surface area contributed by atoms with Gasteiger partial charge in [-0.1, -0.05) is 80.5 Å². The first kappa shape index (κ1) is 27.3. The number of benzene rings is 1. The average Bonchev–Trinajstić information content (AvgIpc) is 3.63. The third kappa shape index (κ3) is 6.05. The van der Waals surface area contributed by atoms with Crippen molar-refractivity contribution in [3.8, 4) is 11.5 Å². The highest BCUT2D eigenvalue weighted by Crippen LogP contribution is 2.52. The van der Waals surface area contributed by atoms with Crippen molar-refractivity contribution in [2.75, 3.05) is 0 Å². The molecular formula is C31H33F2NO4. The fourth-order valence-corrected chi connectivity index (χ4v) is 4.87. The molecule has 1 aliphatic carbocycles. The molecule has 2 fully saturated rings. The number of halogens is 2. The third-order valence-electron chi connectivity index (χ3n) is 7.02. The van der Waals surface area contributed by atoms with Crippen LogP contribution >= 0.6 is 0 Å². The number of carbonyl (C=O) groups is 1. The van der Waals surface area contributed by atoms with Gasteiger partial charge in [-0.15, -0.1) is 8.78 Å². The summed E-state index contributed by atoms with van der Waals surface area (Å²) in [6, 6.07) is 4.42. The first-order chi connectivity index (χ1) is 18.2. The number of allylic oxidation sites excluding steroid dienone is 8. The largest absolute Gasteiger partial charge is 0.586 e. The average molecular weight is 522 g/mol. The number of carbonyl (C=O) groups excluding carboxylic acids is 1. The minimum Gasteiger partial charge on any atom is -0.395 e. The topological polar surface area (TPSA) is 56.8 Å². The normalized spacial score (nSPS) is 25.8. The lowest BCUT2D eigenvalue weighted by Gasteiger charge is -2.37. The van der Waals surface area contributed by atoms with E-state index in [0.717, 1.165) is 11.1 Å². The van der Waals surface area contributed by atoms with Crippen LogP contribution in [0.25, 0.3) is 0 Å². The second kappa shape index (κ2) is 11.4. The summed E-state index contributed by atoms with van der Waals surface area (Å²) in [5.41, 5.74) is 1.81. The van der Waals surface area contributed by atoms with Crippen molar-refractivity contribution < 1.29 is 27.8 Å². The molecule has 1 amide bonds. The van der Waals surface area contributed by atoms with E-state index in [1.165, 1.54) is 12.1 Å². The van der Waals surface area contributed by atoms with Crippen molar-refractivity contribution in [1.29, 1.82) is 0 Å². The van der Waals surface area contributed by atoms with Gasteiger partial charge in [0.05, 0.1) is 17.6 Å². The molecular weight excluding hydrogens is 488 g/mol. The predicted octanol–water partition coefficient (Wildman–Crippen LogP) is 6.62. The first-order valence-corrected chi connectivity index (χ1v) is 12.7. The highest BCUT2D eigenvalue weighted by Gasteiger charge is 2.53. The Morgan fingerprint density at radius 3 is 2.37 bits per heavy atom. The molecule has 2 heterocycles. The summed E-state index contributed by atoms with van der Waals surface area (Å²) in [6.07, 6.45) is 14.7. The summed E-state index contributed by atoms with van der Waals surface area (Å²) in [5, 5.41) is 3.24. The van der Waals surface area contributed by atoms with E-state index in [-0.39, 0.29) is 35.7 Å². The monoisotopic (exact) mass is 521 g/mol. The van der Waals surface area contributed by atoms with Crippen LogP contribution in [-0.4, -0.2) is 30.5 Å². The Morgan fingerprint density at radius 1 is 0.974 bits per heavy atom. The van der Waals surface area contributed by atoms with E-state index in [1.54, 1.807) is 24.3 Å². The van der Waals surface area contributed by atoms with Crippen molar-refractivity contribution in [3.05, 3.63) is 109 Å². The maximum Gasteiger partial charge on any atom is 0.586 e. The number of amides is 1. The second-order valence-electron chi connectivity index (χ2n) is 9.69. The van der Waals surface area contributed by atoms with Crippen LogP contribution in [0.1, 0.15) is 38.2 Å². The molecule has 1 saturated carbocycles. The second-order valence-corrected chi connectivity index (χ2v) is 9.69. The lowest BCUT2D eigenvalue weighted by Crippen LogP contribution is -2.49. The van der Waals surface area contributed by atoms with E-state index < -0.39 is 11.7 Å². The van der Waals surface area contributed by atoms with Crippen molar-refractivity contribution in [1.82, 2.24) is 5.32 Å². The van der Waals surface area contributed by atoms with E-state index >= 15 is 0 Å². The summed E-state index contributed by atoms with van der Waals surface area (Å²) in [6.45, 7) is 13.3. The van der Waals surface area contributed by atoms with E-state index in [1.807, 2.05) is 43.4 Å². The van der Waals surface area contributed by atoms with Crippen molar-refractivity contribution in [2.24, 2.45) is 0 Å². The Hall–Kier alpha value is -3.71. The Balaban J connectivity index is 1.55. The van der Waals surface area contributed by atoms with Crippen LogP contribution < -0.4 is 14.8 Å². The van der Waals surface area contributed by atoms with E-state index in [2.05, 4.69) is 34.5 Å². The Bertz CT molecular complexity index is 1220. The van der Waals surface area contributed by atoms with Crippen LogP contribution in [0.2, 0.25) is 0 Å². The minimum atomic E-state index is -3.70. The van der Waals surface area contributed by atoms with E-state index in [0.29, 0.717) is 31.2 Å². The Morgan fingerprint density at radius 2 is 1.68 bits per heavy atom. The molecule has 1 saturated heterocycles. The molecule has 4 rings (SSSR count). The molecule has 2 aliphatic heterocycles. The van der Waals surface area contributed by atoms with Gasteiger partial charge in [0.15, 0.2) is 11.5 Å². The number of fused-ring (bicyclic) bond motifs is 1. The summed E-state index contributed by atoms with van der Waals surface area (Å²) in [5.74, 6) is -0.220. The SMILES string of the molecule is C=C/C=C\C=C(/C)[C@@H]1C[C@@H](NC(=O)C2(c3ccc4c(c3)OC(F)(F)O4)CC2)C[C@H](C(/C=C\C=C)=C/C=C)O1. The molecule has 1 N–H and O–H groups in total. The molecule has 38 heavy (non-hydrogen) atoms. The predicted molar refractivity (Wildman–Crippen MR) is 144 cm³/mol. The zero-order valence-electron chi connectivity index (χ0n) is 21.5. The molecule has 1 aromatic rings. The number of hydrogen-bond donors (Lipinski definition) is 1. The maximum absolute atomic E-state index is 13.6. The first-order valence-electron chi connectivity index (χ1n) is 12.7. The van der Waals surface area contributed by atoms with Crippen LogP contribution in [0.15, 0.2) is 104 Å². The van der Waals surface area contributed by atoms with E-state index in [9.17, 15) is 13.6 Å². The van der Waals surface area contributed by atoms with Crippen molar-refractivity contribution >= 4 is 5.91 Å². The molecule has 0 spiro atoms. The third-order valence-corrected chi connectivity index (χ3v) is 7.02. The molecule has 5 nitrogen and oxygen atoms in total. The molecule has 0 unspecified atom stereocenters. The lowest BCUT2D eigenvalue weighted by molar-refractivity contribution is -0.286. The number of rotatable bonds is 10. The fraction of sp³-hybridized carbons (Fsp3) is 0.323. The molecule has 0 aromatic heterocycles. The van der Waals surface area contributed by atoms with Crippen molar-refractivity contribution in [2.45, 2.75) is 62.6 Å². The maximum atomic E-state index is 13.6. The molecule has 3 aliphatic rings.